The molecule has 0 aliphatic carbocycles. The summed E-state index contributed by atoms with van der Waals surface area (Å²) in [5, 5.41) is 16.2. The number of methoxy groups -OCH3 is 1. The van der Waals surface area contributed by atoms with Crippen LogP contribution >= 0.6 is 27.7 Å². The second-order valence-electron chi connectivity index (χ2n) is 5.78. The Morgan fingerprint density at radius 1 is 1.21 bits per heavy atom. The molecule has 1 N–H and O–H groups in total. The maximum absolute atomic E-state index is 5.67. The van der Waals surface area contributed by atoms with Gasteiger partial charge in [0.25, 0.3) is 0 Å². The normalized spacial score (nSPS) is 10.8. The minimum Gasteiger partial charge on any atom is -0.492 e. The molecule has 0 fully saturated rings. The number of hydrogen-bond acceptors (Lipinski definition) is 7. The van der Waals surface area contributed by atoms with Crippen LogP contribution in [0.15, 0.2) is 52.1 Å². The van der Waals surface area contributed by atoms with E-state index in [-0.39, 0.29) is 0 Å². The van der Waals surface area contributed by atoms with Crippen molar-refractivity contribution in [2.45, 2.75) is 18.6 Å². The fourth-order valence-corrected chi connectivity index (χ4v) is 4.07. The van der Waals surface area contributed by atoms with Crippen LogP contribution in [-0.4, -0.2) is 46.2 Å². The lowest BCUT2D eigenvalue weighted by Crippen LogP contribution is -2.17. The molecule has 0 saturated carbocycles. The van der Waals surface area contributed by atoms with Crippen molar-refractivity contribution in [1.29, 1.82) is 0 Å². The predicted octanol–water partition coefficient (Wildman–Crippen LogP) is 3.71. The molecule has 3 aromatic rings. The molecule has 9 heteroatoms. The maximum Gasteiger partial charge on any atom is 0.214 e. The summed E-state index contributed by atoms with van der Waals surface area (Å²) in [6, 6.07) is 13.9. The number of nitrogens with zero attached hydrogens (tertiary/aromatic N) is 4. The zero-order valence-electron chi connectivity index (χ0n) is 15.8. The molecule has 0 aliphatic rings. The van der Waals surface area contributed by atoms with Crippen LogP contribution in [0.3, 0.4) is 0 Å². The smallest absolute Gasteiger partial charge is 0.214 e. The highest BCUT2D eigenvalue weighted by Crippen LogP contribution is 2.36. The van der Waals surface area contributed by atoms with Gasteiger partial charge in [0, 0.05) is 18.8 Å². The fraction of sp³-hybridized carbons (Fsp3) is 0.316. The quantitative estimate of drug-likeness (QED) is 0.362. The molecule has 148 valence electrons. The molecule has 0 saturated heterocycles. The zero-order chi connectivity index (χ0) is 19.8. The molecule has 1 aromatic heterocycles. The van der Waals surface area contributed by atoms with Crippen LogP contribution < -0.4 is 14.8 Å². The molecule has 0 amide bonds. The van der Waals surface area contributed by atoms with Crippen LogP contribution in [0, 0.1) is 0 Å². The summed E-state index contributed by atoms with van der Waals surface area (Å²) >= 11 is 5.16. The van der Waals surface area contributed by atoms with E-state index in [9.17, 15) is 0 Å². The molecule has 7 nitrogen and oxygen atoms in total. The number of nitrogens with one attached hydrogen (secondary N) is 1. The third-order valence-corrected chi connectivity index (χ3v) is 5.36. The number of aromatic nitrogens is 4. The van der Waals surface area contributed by atoms with Crippen LogP contribution in [0.2, 0.25) is 0 Å². The Hall–Kier alpha value is -2.10. The minimum atomic E-state index is 0.590. The summed E-state index contributed by atoms with van der Waals surface area (Å²) < 4.78 is 13.7. The van der Waals surface area contributed by atoms with Gasteiger partial charge in [-0.05, 0) is 63.1 Å². The highest BCUT2D eigenvalue weighted by Gasteiger charge is 2.11. The summed E-state index contributed by atoms with van der Waals surface area (Å²) in [6.07, 6.45) is 0. The van der Waals surface area contributed by atoms with Crippen LogP contribution in [0.1, 0.15) is 12.5 Å². The number of ether oxygens (including phenoxy) is 2. The summed E-state index contributed by atoms with van der Waals surface area (Å²) in [5.74, 6) is 2.31. The van der Waals surface area contributed by atoms with E-state index < -0.39 is 0 Å². The van der Waals surface area contributed by atoms with Crippen LogP contribution in [-0.2, 0) is 6.54 Å². The van der Waals surface area contributed by atoms with Crippen molar-refractivity contribution in [2.24, 2.45) is 0 Å². The Morgan fingerprint density at radius 2 is 2.04 bits per heavy atom. The van der Waals surface area contributed by atoms with Gasteiger partial charge in [-0.3, -0.25) is 0 Å². The summed E-state index contributed by atoms with van der Waals surface area (Å²) in [7, 11) is 1.64. The van der Waals surface area contributed by atoms with Gasteiger partial charge in [-0.1, -0.05) is 30.0 Å². The Labute approximate surface area is 176 Å². The van der Waals surface area contributed by atoms with E-state index in [1.807, 2.05) is 49.4 Å². The number of tetrazole rings is 1. The first-order chi connectivity index (χ1) is 13.7. The molecule has 0 aliphatic heterocycles. The van der Waals surface area contributed by atoms with E-state index in [0.29, 0.717) is 12.4 Å². The van der Waals surface area contributed by atoms with Crippen molar-refractivity contribution in [3.8, 4) is 17.2 Å². The maximum atomic E-state index is 5.67. The van der Waals surface area contributed by atoms with Gasteiger partial charge < -0.3 is 14.8 Å². The van der Waals surface area contributed by atoms with E-state index in [1.165, 1.54) is 0 Å². The average Bonchev–Trinajstić information content (AvgIpc) is 3.17. The molecule has 0 atom stereocenters. The lowest BCUT2D eigenvalue weighted by atomic mass is 10.2. The first-order valence-corrected chi connectivity index (χ1v) is 10.7. The van der Waals surface area contributed by atoms with Crippen LogP contribution in [0.25, 0.3) is 5.69 Å². The van der Waals surface area contributed by atoms with Crippen LogP contribution in [0.4, 0.5) is 0 Å². The summed E-state index contributed by atoms with van der Waals surface area (Å²) in [5.41, 5.74) is 2.07. The fourth-order valence-electron chi connectivity index (χ4n) is 2.63. The lowest BCUT2D eigenvalue weighted by Gasteiger charge is -2.13. The molecule has 1 heterocycles. The van der Waals surface area contributed by atoms with E-state index >= 15 is 0 Å². The van der Waals surface area contributed by atoms with Crippen molar-refractivity contribution in [2.75, 3.05) is 26.0 Å². The third kappa shape index (κ3) is 5.24. The van der Waals surface area contributed by atoms with Crippen molar-refractivity contribution in [3.05, 3.63) is 52.5 Å². The molecule has 0 radical (unpaired) electrons. The van der Waals surface area contributed by atoms with E-state index in [4.69, 9.17) is 9.47 Å². The predicted molar refractivity (Wildman–Crippen MR) is 113 cm³/mol. The van der Waals surface area contributed by atoms with E-state index in [1.54, 1.807) is 23.6 Å². The minimum absolute atomic E-state index is 0.590. The summed E-state index contributed by atoms with van der Waals surface area (Å²) in [4.78, 5) is 0. The topological polar surface area (TPSA) is 74.1 Å². The molecule has 2 aromatic carbocycles. The number of hydrogen-bond donors (Lipinski definition) is 1. The molecular weight excluding hydrogens is 442 g/mol. The Balaban J connectivity index is 1.52. The van der Waals surface area contributed by atoms with Crippen molar-refractivity contribution in [3.63, 3.8) is 0 Å². The van der Waals surface area contributed by atoms with Gasteiger partial charge >= 0.3 is 0 Å². The molecule has 0 bridgehead atoms. The van der Waals surface area contributed by atoms with Gasteiger partial charge in [0.15, 0.2) is 11.5 Å². The largest absolute Gasteiger partial charge is 0.492 e. The second kappa shape index (κ2) is 10.4. The third-order valence-electron chi connectivity index (χ3n) is 3.85. The number of para-hydroxylation sites is 1. The first kappa shape index (κ1) is 20.6. The first-order valence-electron chi connectivity index (χ1n) is 8.89. The second-order valence-corrected chi connectivity index (χ2v) is 7.69. The Morgan fingerprint density at radius 3 is 2.79 bits per heavy atom. The Bertz CT molecular complexity index is 891. The highest BCUT2D eigenvalue weighted by molar-refractivity contribution is 9.10. The number of thioether (sulfide) groups is 1. The van der Waals surface area contributed by atoms with Gasteiger partial charge in [-0.25, -0.2) is 0 Å². The standard InChI is InChI=1S/C19H22BrN5O2S/c1-3-27-17-12-14(11-16(20)18(17)26-2)13-21-9-10-28-19-22-23-24-25(19)15-7-5-4-6-8-15/h4-8,11-12,21H,3,9-10,13H2,1-2H3. The molecule has 0 unspecified atom stereocenters. The molecule has 0 spiro atoms. The average molecular weight is 464 g/mol. The van der Waals surface area contributed by atoms with Crippen LogP contribution in [0.5, 0.6) is 11.5 Å². The number of halogens is 1. The highest BCUT2D eigenvalue weighted by atomic mass is 79.9. The van der Waals surface area contributed by atoms with Gasteiger partial charge in [-0.2, -0.15) is 4.68 Å². The Kier molecular flexibility index (Phi) is 7.70. The van der Waals surface area contributed by atoms with Crippen molar-refractivity contribution < 1.29 is 9.47 Å². The summed E-state index contributed by atoms with van der Waals surface area (Å²) in [6.45, 7) is 4.10. The molecule has 3 rings (SSSR count). The number of benzene rings is 2. The van der Waals surface area contributed by atoms with Gasteiger partial charge in [-0.15, -0.1) is 5.10 Å². The van der Waals surface area contributed by atoms with Gasteiger partial charge in [0.2, 0.25) is 5.16 Å². The van der Waals surface area contributed by atoms with Crippen molar-refractivity contribution in [1.82, 2.24) is 25.5 Å². The van der Waals surface area contributed by atoms with Crippen molar-refractivity contribution >= 4 is 27.7 Å². The molecule has 28 heavy (non-hydrogen) atoms. The van der Waals surface area contributed by atoms with Gasteiger partial charge in [0.1, 0.15) is 0 Å². The SMILES string of the molecule is CCOc1cc(CNCCSc2nnnn2-c2ccccc2)cc(Br)c1OC. The van der Waals surface area contributed by atoms with Gasteiger partial charge in [0.05, 0.1) is 23.9 Å². The monoisotopic (exact) mass is 463 g/mol. The lowest BCUT2D eigenvalue weighted by molar-refractivity contribution is 0.309. The van der Waals surface area contributed by atoms with E-state index in [2.05, 4.69) is 36.8 Å². The molecular formula is C19H22BrN5O2S. The number of rotatable bonds is 10. The zero-order valence-corrected chi connectivity index (χ0v) is 18.2. The van der Waals surface area contributed by atoms with E-state index in [0.717, 1.165) is 45.5 Å².